The number of benzene rings is 2. The van der Waals surface area contributed by atoms with E-state index in [1.807, 2.05) is 0 Å². The van der Waals surface area contributed by atoms with E-state index in [1.54, 1.807) is 0 Å². The summed E-state index contributed by atoms with van der Waals surface area (Å²) < 4.78 is 23.9. The van der Waals surface area contributed by atoms with Crippen molar-refractivity contribution in [2.45, 2.75) is 19.1 Å². The SMILES string of the molecule is CC(O)C(NC(=O)COc1ccc2c(c1)OC(=Cc1ccc(F)cc1)C2=O)C(=O)O. The molecule has 2 aromatic carbocycles. The lowest BCUT2D eigenvalue weighted by Crippen LogP contribution is -2.49. The number of Topliss-reactive ketones (excluding diaryl/α,β-unsaturated/α-hetero) is 1. The molecule has 2 atom stereocenters. The summed E-state index contributed by atoms with van der Waals surface area (Å²) in [6.07, 6.45) is 0.204. The van der Waals surface area contributed by atoms with Crippen molar-refractivity contribution >= 4 is 23.7 Å². The third-order valence-corrected chi connectivity index (χ3v) is 4.24. The summed E-state index contributed by atoms with van der Waals surface area (Å²) in [5, 5.41) is 20.5. The molecule has 1 aliphatic heterocycles. The number of carboxylic acids is 1. The Labute approximate surface area is 170 Å². The van der Waals surface area contributed by atoms with Crippen LogP contribution < -0.4 is 14.8 Å². The summed E-state index contributed by atoms with van der Waals surface area (Å²) in [6, 6.07) is 8.46. The van der Waals surface area contributed by atoms with Gasteiger partial charge in [-0.2, -0.15) is 0 Å². The second kappa shape index (κ2) is 8.75. The molecule has 9 heteroatoms. The molecule has 2 unspecified atom stereocenters. The monoisotopic (exact) mass is 415 g/mol. The molecule has 1 aliphatic rings. The molecule has 1 heterocycles. The zero-order chi connectivity index (χ0) is 21.8. The van der Waals surface area contributed by atoms with Gasteiger partial charge in [0.1, 0.15) is 17.3 Å². The number of halogens is 1. The number of aliphatic hydroxyl groups is 1. The molecule has 156 valence electrons. The van der Waals surface area contributed by atoms with Crippen LogP contribution in [0.1, 0.15) is 22.8 Å². The Kier molecular flexibility index (Phi) is 6.12. The summed E-state index contributed by atoms with van der Waals surface area (Å²) in [5.74, 6) is -2.33. The van der Waals surface area contributed by atoms with Crippen LogP contribution >= 0.6 is 0 Å². The van der Waals surface area contributed by atoms with Crippen LogP contribution in [0.2, 0.25) is 0 Å². The number of aliphatic carboxylic acids is 1. The Morgan fingerprint density at radius 3 is 2.57 bits per heavy atom. The van der Waals surface area contributed by atoms with Gasteiger partial charge in [-0.15, -0.1) is 0 Å². The van der Waals surface area contributed by atoms with E-state index in [0.29, 0.717) is 11.1 Å². The minimum Gasteiger partial charge on any atom is -0.484 e. The average molecular weight is 415 g/mol. The number of fused-ring (bicyclic) bond motifs is 1. The fraction of sp³-hybridized carbons (Fsp3) is 0.190. The first kappa shape index (κ1) is 21.0. The molecule has 2 aromatic rings. The number of carbonyl (C=O) groups excluding carboxylic acids is 2. The smallest absolute Gasteiger partial charge is 0.328 e. The number of carboxylic acid groups (broad SMARTS) is 1. The van der Waals surface area contributed by atoms with Crippen molar-refractivity contribution in [1.82, 2.24) is 5.32 Å². The van der Waals surface area contributed by atoms with E-state index in [-0.39, 0.29) is 23.0 Å². The van der Waals surface area contributed by atoms with E-state index in [1.165, 1.54) is 55.5 Å². The molecule has 0 saturated heterocycles. The Balaban J connectivity index is 1.65. The van der Waals surface area contributed by atoms with E-state index in [2.05, 4.69) is 5.32 Å². The van der Waals surface area contributed by atoms with E-state index < -0.39 is 36.4 Å². The molecule has 3 N–H and O–H groups in total. The Morgan fingerprint density at radius 2 is 1.93 bits per heavy atom. The van der Waals surface area contributed by atoms with Crippen LogP contribution in [0.15, 0.2) is 48.2 Å². The molecule has 3 rings (SSSR count). The number of nitrogens with one attached hydrogen (secondary N) is 1. The average Bonchev–Trinajstić information content (AvgIpc) is 3.00. The zero-order valence-corrected chi connectivity index (χ0v) is 15.8. The van der Waals surface area contributed by atoms with Gasteiger partial charge >= 0.3 is 5.97 Å². The van der Waals surface area contributed by atoms with Crippen LogP contribution in [0, 0.1) is 5.82 Å². The second-order valence-electron chi connectivity index (χ2n) is 6.56. The molecule has 8 nitrogen and oxygen atoms in total. The molecule has 0 radical (unpaired) electrons. The van der Waals surface area contributed by atoms with Crippen LogP contribution in [0.3, 0.4) is 0 Å². The van der Waals surface area contributed by atoms with Gasteiger partial charge in [0.15, 0.2) is 18.4 Å². The Morgan fingerprint density at radius 1 is 1.23 bits per heavy atom. The predicted molar refractivity (Wildman–Crippen MR) is 103 cm³/mol. The van der Waals surface area contributed by atoms with Crippen LogP contribution in [-0.2, 0) is 9.59 Å². The normalized spacial score (nSPS) is 15.8. The summed E-state index contributed by atoms with van der Waals surface area (Å²) in [6.45, 7) is 0.743. The Hall–Kier alpha value is -3.72. The van der Waals surface area contributed by atoms with E-state index in [9.17, 15) is 23.9 Å². The van der Waals surface area contributed by atoms with Gasteiger partial charge in [-0.05, 0) is 42.8 Å². The largest absolute Gasteiger partial charge is 0.484 e. The molecule has 0 aromatic heterocycles. The maximum atomic E-state index is 13.0. The molecule has 0 aliphatic carbocycles. The van der Waals surface area contributed by atoms with Gasteiger partial charge in [0, 0.05) is 6.07 Å². The summed E-state index contributed by atoms with van der Waals surface area (Å²) in [5.41, 5.74) is 0.895. The van der Waals surface area contributed by atoms with Crippen molar-refractivity contribution in [1.29, 1.82) is 0 Å². The number of ether oxygens (including phenoxy) is 2. The molecular formula is C21H18FNO7. The molecule has 0 fully saturated rings. The number of amides is 1. The fourth-order valence-electron chi connectivity index (χ4n) is 2.72. The lowest BCUT2D eigenvalue weighted by atomic mass is 10.1. The highest BCUT2D eigenvalue weighted by Crippen LogP contribution is 2.34. The summed E-state index contributed by atoms with van der Waals surface area (Å²) in [4.78, 5) is 35.3. The Bertz CT molecular complexity index is 1010. The second-order valence-corrected chi connectivity index (χ2v) is 6.56. The summed E-state index contributed by atoms with van der Waals surface area (Å²) >= 11 is 0. The minimum absolute atomic E-state index is 0.0627. The molecule has 0 spiro atoms. The van der Waals surface area contributed by atoms with Crippen molar-refractivity contribution in [2.24, 2.45) is 0 Å². The molecule has 0 saturated carbocycles. The lowest BCUT2D eigenvalue weighted by Gasteiger charge is -2.17. The number of allylic oxidation sites excluding steroid dienone is 1. The quantitative estimate of drug-likeness (QED) is 0.589. The number of carbonyl (C=O) groups is 3. The van der Waals surface area contributed by atoms with Gasteiger partial charge < -0.3 is 25.0 Å². The zero-order valence-electron chi connectivity index (χ0n) is 15.8. The van der Waals surface area contributed by atoms with Gasteiger partial charge in [0.05, 0.1) is 11.7 Å². The third kappa shape index (κ3) is 4.81. The first-order valence-corrected chi connectivity index (χ1v) is 8.91. The van der Waals surface area contributed by atoms with Crippen LogP contribution in [0.4, 0.5) is 4.39 Å². The van der Waals surface area contributed by atoms with Crippen LogP contribution in [0.5, 0.6) is 11.5 Å². The number of aliphatic hydroxyl groups excluding tert-OH is 1. The van der Waals surface area contributed by atoms with Gasteiger partial charge in [0.2, 0.25) is 5.78 Å². The van der Waals surface area contributed by atoms with Gasteiger partial charge in [-0.3, -0.25) is 9.59 Å². The topological polar surface area (TPSA) is 122 Å². The molecule has 0 bridgehead atoms. The fourth-order valence-corrected chi connectivity index (χ4v) is 2.72. The minimum atomic E-state index is -1.46. The highest BCUT2D eigenvalue weighted by atomic mass is 19.1. The first-order valence-electron chi connectivity index (χ1n) is 8.91. The highest BCUT2D eigenvalue weighted by Gasteiger charge is 2.28. The van der Waals surface area contributed by atoms with Gasteiger partial charge in [0.25, 0.3) is 5.91 Å². The number of ketones is 1. The number of hydrogen-bond donors (Lipinski definition) is 3. The number of hydrogen-bond acceptors (Lipinski definition) is 6. The first-order chi connectivity index (χ1) is 14.2. The standard InChI is InChI=1S/C21H18FNO7/c1-11(24)19(21(27)28)23-18(25)10-29-14-6-7-15-16(9-14)30-17(20(15)26)8-12-2-4-13(22)5-3-12/h2-9,11,19,24H,10H2,1H3,(H,23,25)(H,27,28). The maximum absolute atomic E-state index is 13.0. The predicted octanol–water partition coefficient (Wildman–Crippen LogP) is 1.77. The van der Waals surface area contributed by atoms with Crippen molar-refractivity contribution in [3.05, 3.63) is 65.2 Å². The van der Waals surface area contributed by atoms with E-state index in [4.69, 9.17) is 14.6 Å². The van der Waals surface area contributed by atoms with Crippen LogP contribution in [0.25, 0.3) is 6.08 Å². The van der Waals surface area contributed by atoms with Crippen molar-refractivity contribution in [2.75, 3.05) is 6.61 Å². The highest BCUT2D eigenvalue weighted by molar-refractivity contribution is 6.14. The maximum Gasteiger partial charge on any atom is 0.328 e. The van der Waals surface area contributed by atoms with E-state index >= 15 is 0 Å². The summed E-state index contributed by atoms with van der Waals surface area (Å²) in [7, 11) is 0. The van der Waals surface area contributed by atoms with Crippen molar-refractivity contribution in [3.63, 3.8) is 0 Å². The van der Waals surface area contributed by atoms with Crippen LogP contribution in [-0.4, -0.2) is 46.6 Å². The number of rotatable bonds is 7. The van der Waals surface area contributed by atoms with Crippen molar-refractivity contribution in [3.8, 4) is 11.5 Å². The van der Waals surface area contributed by atoms with Gasteiger partial charge in [-0.25, -0.2) is 9.18 Å². The van der Waals surface area contributed by atoms with Crippen molar-refractivity contribution < 1.29 is 38.5 Å². The van der Waals surface area contributed by atoms with Gasteiger partial charge in [-0.1, -0.05) is 12.1 Å². The molecular weight excluding hydrogens is 397 g/mol. The molecule has 30 heavy (non-hydrogen) atoms. The third-order valence-electron chi connectivity index (χ3n) is 4.24. The lowest BCUT2D eigenvalue weighted by molar-refractivity contribution is -0.145. The molecule has 1 amide bonds. The van der Waals surface area contributed by atoms with E-state index in [0.717, 1.165) is 0 Å².